The average molecular weight is 345 g/mol. The zero-order valence-electron chi connectivity index (χ0n) is 10.8. The molecular weight excluding hydrogens is 331 g/mol. The molecule has 1 aromatic carbocycles. The molecule has 1 aromatic rings. The van der Waals surface area contributed by atoms with Crippen LogP contribution < -0.4 is 0 Å². The summed E-state index contributed by atoms with van der Waals surface area (Å²) >= 11 is 3.04. The first-order valence-corrected chi connectivity index (χ1v) is 6.82. The number of amides is 1. The van der Waals surface area contributed by atoms with Crippen LogP contribution in [0.3, 0.4) is 0 Å². The second-order valence-corrected chi connectivity index (χ2v) is 5.30. The number of rotatable bonds is 3. The smallest absolute Gasteiger partial charge is 0.254 e. The van der Waals surface area contributed by atoms with Gasteiger partial charge in [0, 0.05) is 12.0 Å². The van der Waals surface area contributed by atoms with Crippen LogP contribution in [0.4, 0.5) is 4.39 Å². The van der Waals surface area contributed by atoms with E-state index in [1.54, 1.807) is 0 Å². The zero-order chi connectivity index (χ0) is 14.7. The van der Waals surface area contributed by atoms with Crippen LogP contribution in [-0.2, 0) is 4.84 Å². The van der Waals surface area contributed by atoms with E-state index in [1.807, 2.05) is 0 Å². The van der Waals surface area contributed by atoms with Gasteiger partial charge in [-0.25, -0.2) is 4.39 Å². The molecule has 108 valence electrons. The SMILES string of the molecule is CON=C1C[C@@H](CO)N(C(=O)c2ccc(Br)c(F)c2)C1. The Morgan fingerprint density at radius 2 is 2.40 bits per heavy atom. The third-order valence-corrected chi connectivity index (χ3v) is 3.77. The molecule has 0 bridgehead atoms. The van der Waals surface area contributed by atoms with Gasteiger partial charge in [-0.05, 0) is 34.1 Å². The van der Waals surface area contributed by atoms with Crippen molar-refractivity contribution in [1.29, 1.82) is 0 Å². The molecule has 1 heterocycles. The predicted octanol–water partition coefficient (Wildman–Crippen LogP) is 1.80. The second-order valence-electron chi connectivity index (χ2n) is 4.44. The minimum absolute atomic E-state index is 0.173. The highest BCUT2D eigenvalue weighted by molar-refractivity contribution is 9.10. The molecule has 5 nitrogen and oxygen atoms in total. The van der Waals surface area contributed by atoms with Crippen molar-refractivity contribution in [1.82, 2.24) is 4.90 Å². The van der Waals surface area contributed by atoms with E-state index in [9.17, 15) is 14.3 Å². The van der Waals surface area contributed by atoms with Crippen LogP contribution in [0.5, 0.6) is 0 Å². The van der Waals surface area contributed by atoms with Crippen molar-refractivity contribution in [2.24, 2.45) is 5.16 Å². The number of halogens is 2. The van der Waals surface area contributed by atoms with E-state index in [-0.39, 0.29) is 30.7 Å². The van der Waals surface area contributed by atoms with Crippen molar-refractivity contribution in [2.75, 3.05) is 20.3 Å². The lowest BCUT2D eigenvalue weighted by molar-refractivity contribution is 0.0679. The quantitative estimate of drug-likeness (QED) is 0.850. The molecule has 0 aliphatic carbocycles. The van der Waals surface area contributed by atoms with Crippen molar-refractivity contribution in [2.45, 2.75) is 12.5 Å². The number of oxime groups is 1. The summed E-state index contributed by atoms with van der Waals surface area (Å²) in [6.07, 6.45) is 0.453. The van der Waals surface area contributed by atoms with E-state index in [0.29, 0.717) is 16.6 Å². The summed E-state index contributed by atoms with van der Waals surface area (Å²) in [6, 6.07) is 3.83. The Morgan fingerprint density at radius 1 is 1.65 bits per heavy atom. The first-order chi connectivity index (χ1) is 9.56. The number of benzene rings is 1. The van der Waals surface area contributed by atoms with Crippen LogP contribution in [0.15, 0.2) is 27.8 Å². The lowest BCUT2D eigenvalue weighted by Gasteiger charge is -2.22. The van der Waals surface area contributed by atoms with Crippen LogP contribution in [0.2, 0.25) is 0 Å². The third-order valence-electron chi connectivity index (χ3n) is 3.12. The van der Waals surface area contributed by atoms with Gasteiger partial charge in [-0.2, -0.15) is 0 Å². The summed E-state index contributed by atoms with van der Waals surface area (Å²) < 4.78 is 13.8. The van der Waals surface area contributed by atoms with Crippen molar-refractivity contribution >= 4 is 27.5 Å². The highest BCUT2D eigenvalue weighted by Gasteiger charge is 2.33. The standard InChI is InChI=1S/C13H14BrFN2O3/c1-20-16-9-5-10(7-18)17(6-9)13(19)8-2-3-11(14)12(15)4-8/h2-4,10,18H,5-7H2,1H3/t10-/m0/s1. The third kappa shape index (κ3) is 2.99. The Hall–Kier alpha value is -1.47. The summed E-state index contributed by atoms with van der Waals surface area (Å²) in [5, 5.41) is 13.2. The first-order valence-electron chi connectivity index (χ1n) is 6.02. The molecule has 0 radical (unpaired) electrons. The van der Waals surface area contributed by atoms with Crippen molar-refractivity contribution in [3.8, 4) is 0 Å². The normalized spacial score (nSPS) is 20.5. The Bertz CT molecular complexity index is 550. The van der Waals surface area contributed by atoms with Gasteiger partial charge in [-0.3, -0.25) is 4.79 Å². The number of aliphatic hydroxyl groups excluding tert-OH is 1. The molecule has 0 unspecified atom stereocenters. The molecule has 2 rings (SSSR count). The summed E-state index contributed by atoms with van der Waals surface area (Å²) in [6.45, 7) is 0.100. The zero-order valence-corrected chi connectivity index (χ0v) is 12.4. The molecule has 1 amide bonds. The maximum atomic E-state index is 13.5. The molecule has 0 saturated carbocycles. The molecule has 1 saturated heterocycles. The Labute approximate surface area is 124 Å². The van der Waals surface area contributed by atoms with E-state index in [2.05, 4.69) is 25.9 Å². The van der Waals surface area contributed by atoms with Crippen molar-refractivity contribution in [3.05, 3.63) is 34.1 Å². The Kier molecular flexibility index (Phi) is 4.72. The molecular formula is C13H14BrFN2O3. The predicted molar refractivity (Wildman–Crippen MR) is 75.1 cm³/mol. The molecule has 1 fully saturated rings. The maximum absolute atomic E-state index is 13.5. The number of hydrogen-bond acceptors (Lipinski definition) is 4. The van der Waals surface area contributed by atoms with Crippen molar-refractivity contribution < 1.29 is 19.1 Å². The van der Waals surface area contributed by atoms with Gasteiger partial charge in [-0.15, -0.1) is 0 Å². The first kappa shape index (κ1) is 14.9. The summed E-state index contributed by atoms with van der Waals surface area (Å²) in [5.41, 5.74) is 0.917. The maximum Gasteiger partial charge on any atom is 0.254 e. The molecule has 1 aliphatic heterocycles. The highest BCUT2D eigenvalue weighted by atomic mass is 79.9. The van der Waals surface area contributed by atoms with E-state index in [0.717, 1.165) is 0 Å². The number of likely N-dealkylation sites (tertiary alicyclic amines) is 1. The summed E-state index contributed by atoms with van der Waals surface area (Å²) in [7, 11) is 1.43. The lowest BCUT2D eigenvalue weighted by Crippen LogP contribution is -2.37. The Balaban J connectivity index is 2.23. The van der Waals surface area contributed by atoms with Crippen molar-refractivity contribution in [3.63, 3.8) is 0 Å². The topological polar surface area (TPSA) is 62.1 Å². The summed E-state index contributed by atoms with van der Waals surface area (Å²) in [5.74, 6) is -0.835. The molecule has 1 aliphatic rings. The van der Waals surface area contributed by atoms with Gasteiger partial charge in [0.15, 0.2) is 0 Å². The lowest BCUT2D eigenvalue weighted by atomic mass is 10.1. The van der Waals surface area contributed by atoms with Gasteiger partial charge in [0.25, 0.3) is 5.91 Å². The van der Waals surface area contributed by atoms with Gasteiger partial charge >= 0.3 is 0 Å². The van der Waals surface area contributed by atoms with Crippen LogP contribution in [0.1, 0.15) is 16.8 Å². The van der Waals surface area contributed by atoms with Crippen LogP contribution in [0, 0.1) is 5.82 Å². The second kappa shape index (κ2) is 6.32. The van der Waals surface area contributed by atoms with Crippen LogP contribution >= 0.6 is 15.9 Å². The molecule has 0 spiro atoms. The van der Waals surface area contributed by atoms with E-state index in [4.69, 9.17) is 0 Å². The highest BCUT2D eigenvalue weighted by Crippen LogP contribution is 2.21. The monoisotopic (exact) mass is 344 g/mol. The van der Waals surface area contributed by atoms with Gasteiger partial charge < -0.3 is 14.8 Å². The van der Waals surface area contributed by atoms with Gasteiger partial charge in [0.05, 0.1) is 29.4 Å². The number of aliphatic hydroxyl groups is 1. The molecule has 0 aromatic heterocycles. The van der Waals surface area contributed by atoms with E-state index >= 15 is 0 Å². The van der Waals surface area contributed by atoms with Gasteiger partial charge in [0.2, 0.25) is 0 Å². The fourth-order valence-electron chi connectivity index (χ4n) is 2.16. The van der Waals surface area contributed by atoms with Crippen LogP contribution in [0.25, 0.3) is 0 Å². The number of hydrogen-bond donors (Lipinski definition) is 1. The fraction of sp³-hybridized carbons (Fsp3) is 0.385. The van der Waals surface area contributed by atoms with Gasteiger partial charge in [-0.1, -0.05) is 5.16 Å². The van der Waals surface area contributed by atoms with E-state index in [1.165, 1.54) is 30.2 Å². The van der Waals surface area contributed by atoms with Crippen LogP contribution in [-0.4, -0.2) is 47.9 Å². The Morgan fingerprint density at radius 3 is 3.00 bits per heavy atom. The molecule has 1 N–H and O–H groups in total. The minimum Gasteiger partial charge on any atom is -0.399 e. The molecule has 20 heavy (non-hydrogen) atoms. The minimum atomic E-state index is -0.499. The number of carbonyl (C=O) groups excluding carboxylic acids is 1. The largest absolute Gasteiger partial charge is 0.399 e. The fourth-order valence-corrected chi connectivity index (χ4v) is 2.41. The molecule has 1 atom stereocenters. The number of carbonyl (C=O) groups is 1. The molecule has 7 heteroatoms. The average Bonchev–Trinajstić information content (AvgIpc) is 2.84. The van der Waals surface area contributed by atoms with E-state index < -0.39 is 5.82 Å². The number of nitrogens with zero attached hydrogens (tertiary/aromatic N) is 2. The summed E-state index contributed by atoms with van der Waals surface area (Å²) in [4.78, 5) is 18.5. The van der Waals surface area contributed by atoms with Gasteiger partial charge in [0.1, 0.15) is 12.9 Å².